The van der Waals surface area contributed by atoms with Crippen LogP contribution in [-0.4, -0.2) is 46.3 Å². The van der Waals surface area contributed by atoms with Gasteiger partial charge in [0.15, 0.2) is 0 Å². The first-order valence-electron chi connectivity index (χ1n) is 7.12. The summed E-state index contributed by atoms with van der Waals surface area (Å²) in [4.78, 5) is 0.243. The Morgan fingerprint density at radius 3 is 2.36 bits per heavy atom. The van der Waals surface area contributed by atoms with E-state index >= 15 is 0 Å². The summed E-state index contributed by atoms with van der Waals surface area (Å²) in [6.45, 7) is 7.78. The van der Waals surface area contributed by atoms with E-state index in [0.29, 0.717) is 36.1 Å². The van der Waals surface area contributed by atoms with Crippen molar-refractivity contribution in [1.29, 1.82) is 0 Å². The lowest BCUT2D eigenvalue weighted by atomic mass is 10.4. The fraction of sp³-hybridized carbons (Fsp3) is 0.615. The number of nitrogens with zero attached hydrogens (tertiary/aromatic N) is 5. The summed E-state index contributed by atoms with van der Waals surface area (Å²) in [5, 5.41) is 12.1. The zero-order chi connectivity index (χ0) is 16.5. The first-order valence-corrected chi connectivity index (χ1v) is 8.56. The number of hydrogen-bond donors (Lipinski definition) is 0. The van der Waals surface area contributed by atoms with Crippen LogP contribution in [0.2, 0.25) is 0 Å². The second kappa shape index (κ2) is 6.17. The van der Waals surface area contributed by atoms with Crippen molar-refractivity contribution < 1.29 is 12.8 Å². The monoisotopic (exact) mass is 327 g/mol. The zero-order valence-corrected chi connectivity index (χ0v) is 14.3. The molecule has 2 heterocycles. The lowest BCUT2D eigenvalue weighted by Gasteiger charge is -2.15. The molecule has 0 aliphatic heterocycles. The van der Waals surface area contributed by atoms with E-state index < -0.39 is 10.0 Å². The van der Waals surface area contributed by atoms with Crippen LogP contribution in [0.4, 0.5) is 0 Å². The Balaban J connectivity index is 2.39. The maximum absolute atomic E-state index is 12.5. The van der Waals surface area contributed by atoms with Gasteiger partial charge in [0.05, 0.1) is 11.4 Å². The molecule has 0 aliphatic carbocycles. The standard InChI is InChI=1S/C13H21N5O3S/c1-6-11-14-15-12(21-11)8-18-10(4)13(9(3)16-18)22(19,20)17(5)7-2/h6-8H2,1-5H3. The fourth-order valence-corrected chi connectivity index (χ4v) is 3.70. The van der Waals surface area contributed by atoms with Crippen molar-refractivity contribution in [1.82, 2.24) is 24.3 Å². The predicted molar refractivity (Wildman–Crippen MR) is 80.0 cm³/mol. The molecule has 0 amide bonds. The fourth-order valence-electron chi connectivity index (χ4n) is 2.16. The van der Waals surface area contributed by atoms with Gasteiger partial charge in [-0.2, -0.15) is 5.10 Å². The summed E-state index contributed by atoms with van der Waals surface area (Å²) in [6, 6.07) is 0. The highest BCUT2D eigenvalue weighted by atomic mass is 32.2. The molecule has 0 saturated carbocycles. The molecule has 0 unspecified atom stereocenters. The Bertz CT molecular complexity index is 763. The third kappa shape index (κ3) is 2.91. The zero-order valence-electron chi connectivity index (χ0n) is 13.5. The predicted octanol–water partition coefficient (Wildman–Crippen LogP) is 1.13. The molecule has 2 aromatic rings. The lowest BCUT2D eigenvalue weighted by Crippen LogP contribution is -2.27. The number of aryl methyl sites for hydroxylation is 2. The first-order chi connectivity index (χ1) is 10.3. The van der Waals surface area contributed by atoms with Crippen molar-refractivity contribution in [2.75, 3.05) is 13.6 Å². The summed E-state index contributed by atoms with van der Waals surface area (Å²) in [5.41, 5.74) is 1.03. The molecule has 2 rings (SSSR count). The van der Waals surface area contributed by atoms with Crippen molar-refractivity contribution in [2.45, 2.75) is 45.6 Å². The molecular weight excluding hydrogens is 306 g/mol. The second-order valence-electron chi connectivity index (χ2n) is 5.02. The Hall–Kier alpha value is -1.74. The summed E-state index contributed by atoms with van der Waals surface area (Å²) >= 11 is 0. The molecule has 0 fully saturated rings. The van der Waals surface area contributed by atoms with Gasteiger partial charge >= 0.3 is 0 Å². The van der Waals surface area contributed by atoms with Crippen LogP contribution >= 0.6 is 0 Å². The minimum absolute atomic E-state index is 0.243. The summed E-state index contributed by atoms with van der Waals surface area (Å²) < 4.78 is 33.4. The van der Waals surface area contributed by atoms with Crippen LogP contribution in [0.5, 0.6) is 0 Å². The lowest BCUT2D eigenvalue weighted by molar-refractivity contribution is 0.430. The highest BCUT2D eigenvalue weighted by Crippen LogP contribution is 2.23. The number of rotatable bonds is 6. The van der Waals surface area contributed by atoms with Gasteiger partial charge in [-0.25, -0.2) is 12.7 Å². The van der Waals surface area contributed by atoms with E-state index in [1.54, 1.807) is 32.5 Å². The largest absolute Gasteiger partial charge is 0.423 e. The van der Waals surface area contributed by atoms with Gasteiger partial charge in [0.25, 0.3) is 0 Å². The molecule has 9 heteroatoms. The van der Waals surface area contributed by atoms with Gasteiger partial charge in [0, 0.05) is 20.0 Å². The molecule has 122 valence electrons. The van der Waals surface area contributed by atoms with E-state index in [0.717, 1.165) is 0 Å². The van der Waals surface area contributed by atoms with E-state index in [1.807, 2.05) is 6.92 Å². The highest BCUT2D eigenvalue weighted by molar-refractivity contribution is 7.89. The highest BCUT2D eigenvalue weighted by Gasteiger charge is 2.28. The van der Waals surface area contributed by atoms with Crippen LogP contribution in [0.1, 0.15) is 37.0 Å². The first kappa shape index (κ1) is 16.6. The van der Waals surface area contributed by atoms with Crippen LogP contribution in [0.25, 0.3) is 0 Å². The molecule has 0 aromatic carbocycles. The molecule has 0 bridgehead atoms. The van der Waals surface area contributed by atoms with E-state index in [4.69, 9.17) is 4.42 Å². The minimum Gasteiger partial charge on any atom is -0.423 e. The van der Waals surface area contributed by atoms with E-state index in [9.17, 15) is 8.42 Å². The maximum atomic E-state index is 12.5. The average molecular weight is 327 g/mol. The Morgan fingerprint density at radius 1 is 1.18 bits per heavy atom. The van der Waals surface area contributed by atoms with Crippen LogP contribution in [0.3, 0.4) is 0 Å². The molecule has 8 nitrogen and oxygen atoms in total. The molecular formula is C13H21N5O3S. The van der Waals surface area contributed by atoms with Crippen LogP contribution < -0.4 is 0 Å². The van der Waals surface area contributed by atoms with Crippen molar-refractivity contribution in [3.05, 3.63) is 23.2 Å². The van der Waals surface area contributed by atoms with Gasteiger partial charge < -0.3 is 4.42 Å². The molecule has 2 aromatic heterocycles. The Labute approximate surface area is 130 Å². The van der Waals surface area contributed by atoms with Gasteiger partial charge in [0.1, 0.15) is 11.4 Å². The molecule has 0 atom stereocenters. The molecule has 0 N–H and O–H groups in total. The molecule has 22 heavy (non-hydrogen) atoms. The summed E-state index contributed by atoms with van der Waals surface area (Å²) in [5.74, 6) is 0.963. The molecule has 0 saturated heterocycles. The van der Waals surface area contributed by atoms with Gasteiger partial charge in [-0.05, 0) is 13.8 Å². The van der Waals surface area contributed by atoms with E-state index in [1.165, 1.54) is 4.31 Å². The topological polar surface area (TPSA) is 94.1 Å². The SMILES string of the molecule is CCc1nnc(Cn2nc(C)c(S(=O)(=O)N(C)CC)c2C)o1. The molecule has 0 radical (unpaired) electrons. The minimum atomic E-state index is -3.54. The second-order valence-corrected chi connectivity index (χ2v) is 7.00. The average Bonchev–Trinajstić information content (AvgIpc) is 3.03. The third-order valence-corrected chi connectivity index (χ3v) is 5.71. The summed E-state index contributed by atoms with van der Waals surface area (Å²) in [6.07, 6.45) is 0.658. The smallest absolute Gasteiger partial charge is 0.246 e. The van der Waals surface area contributed by atoms with Crippen molar-refractivity contribution in [2.24, 2.45) is 0 Å². The van der Waals surface area contributed by atoms with Crippen molar-refractivity contribution >= 4 is 10.0 Å². The third-order valence-electron chi connectivity index (χ3n) is 3.52. The van der Waals surface area contributed by atoms with Crippen LogP contribution in [-0.2, 0) is 23.0 Å². The number of hydrogen-bond acceptors (Lipinski definition) is 6. The molecule has 0 spiro atoms. The molecule has 0 aliphatic rings. The van der Waals surface area contributed by atoms with Crippen LogP contribution in [0.15, 0.2) is 9.31 Å². The van der Waals surface area contributed by atoms with Gasteiger partial charge in [-0.1, -0.05) is 13.8 Å². The number of sulfonamides is 1. The summed E-state index contributed by atoms with van der Waals surface area (Å²) in [7, 11) is -1.99. The van der Waals surface area contributed by atoms with Gasteiger partial charge in [-0.3, -0.25) is 4.68 Å². The quantitative estimate of drug-likeness (QED) is 0.789. The van der Waals surface area contributed by atoms with E-state index in [2.05, 4.69) is 15.3 Å². The Kier molecular flexibility index (Phi) is 4.66. The van der Waals surface area contributed by atoms with Crippen molar-refractivity contribution in [3.63, 3.8) is 0 Å². The Morgan fingerprint density at radius 2 is 1.82 bits per heavy atom. The normalized spacial score (nSPS) is 12.3. The van der Waals surface area contributed by atoms with Gasteiger partial charge in [0.2, 0.25) is 21.8 Å². The number of aromatic nitrogens is 4. The van der Waals surface area contributed by atoms with E-state index in [-0.39, 0.29) is 11.4 Å². The van der Waals surface area contributed by atoms with Crippen molar-refractivity contribution in [3.8, 4) is 0 Å². The van der Waals surface area contributed by atoms with Crippen LogP contribution in [0, 0.1) is 13.8 Å². The maximum Gasteiger partial charge on any atom is 0.246 e. The van der Waals surface area contributed by atoms with Gasteiger partial charge in [-0.15, -0.1) is 10.2 Å².